The zero-order chi connectivity index (χ0) is 11.5. The molecule has 1 aliphatic rings. The number of nitro benzene ring substituents is 1. The van der Waals surface area contributed by atoms with E-state index in [2.05, 4.69) is 10.8 Å². The molecular formula is C9H9N3O4. The molecule has 0 bridgehead atoms. The molecule has 0 saturated carbocycles. The van der Waals surface area contributed by atoms with Crippen LogP contribution in [0.4, 0.5) is 5.69 Å². The van der Waals surface area contributed by atoms with E-state index in [1.54, 1.807) is 12.1 Å². The Kier molecular flexibility index (Phi) is 2.80. The van der Waals surface area contributed by atoms with E-state index < -0.39 is 11.2 Å². The van der Waals surface area contributed by atoms with Crippen molar-refractivity contribution in [1.29, 1.82) is 0 Å². The molecule has 1 heterocycles. The number of non-ortho nitro benzene ring substituents is 1. The Hall–Kier alpha value is -1.99. The van der Waals surface area contributed by atoms with Crippen LogP contribution in [0.2, 0.25) is 0 Å². The number of nitro groups is 1. The molecule has 1 atom stereocenters. The molecule has 84 valence electrons. The first-order chi connectivity index (χ1) is 7.66. The van der Waals surface area contributed by atoms with Gasteiger partial charge < -0.3 is 0 Å². The Morgan fingerprint density at radius 2 is 2.06 bits per heavy atom. The van der Waals surface area contributed by atoms with Crippen LogP contribution in [0.15, 0.2) is 24.3 Å². The monoisotopic (exact) mass is 223 g/mol. The molecule has 0 aliphatic carbocycles. The van der Waals surface area contributed by atoms with Crippen molar-refractivity contribution >= 4 is 11.6 Å². The normalized spacial score (nSPS) is 20.2. The molecule has 7 nitrogen and oxygen atoms in total. The second-order valence-electron chi connectivity index (χ2n) is 3.25. The zero-order valence-corrected chi connectivity index (χ0v) is 8.17. The summed E-state index contributed by atoms with van der Waals surface area (Å²) >= 11 is 0. The highest BCUT2D eigenvalue weighted by Gasteiger charge is 2.20. The van der Waals surface area contributed by atoms with E-state index in [1.807, 2.05) is 0 Å². The highest BCUT2D eigenvalue weighted by atomic mass is 16.7. The maximum Gasteiger partial charge on any atom is 0.269 e. The summed E-state index contributed by atoms with van der Waals surface area (Å²) in [6, 6.07) is 5.92. The summed E-state index contributed by atoms with van der Waals surface area (Å²) in [5, 5.41) is 13.3. The van der Waals surface area contributed by atoms with Gasteiger partial charge in [0.05, 0.1) is 11.5 Å². The molecule has 1 aromatic carbocycles. The fraction of sp³-hybridized carbons (Fsp3) is 0.222. The predicted octanol–water partition coefficient (Wildman–Crippen LogP) is 0.244. The van der Waals surface area contributed by atoms with Crippen LogP contribution >= 0.6 is 0 Å². The molecular weight excluding hydrogens is 214 g/mol. The van der Waals surface area contributed by atoms with E-state index in [9.17, 15) is 14.9 Å². The topological polar surface area (TPSA) is 93.5 Å². The minimum absolute atomic E-state index is 0.0172. The van der Waals surface area contributed by atoms with Crippen LogP contribution in [0.1, 0.15) is 11.8 Å². The summed E-state index contributed by atoms with van der Waals surface area (Å²) < 4.78 is 0. The number of hydrogen-bond donors (Lipinski definition) is 2. The molecule has 1 unspecified atom stereocenters. The van der Waals surface area contributed by atoms with E-state index in [1.165, 1.54) is 12.1 Å². The van der Waals surface area contributed by atoms with Crippen LogP contribution in [-0.2, 0) is 9.63 Å². The van der Waals surface area contributed by atoms with Gasteiger partial charge in [-0.25, -0.2) is 10.3 Å². The molecule has 0 spiro atoms. The molecule has 1 aromatic rings. The molecule has 16 heavy (non-hydrogen) atoms. The minimum Gasteiger partial charge on any atom is -0.277 e. The van der Waals surface area contributed by atoms with Gasteiger partial charge in [-0.2, -0.15) is 0 Å². The van der Waals surface area contributed by atoms with Crippen molar-refractivity contribution in [2.45, 2.75) is 6.23 Å². The molecule has 0 radical (unpaired) electrons. The van der Waals surface area contributed by atoms with Crippen molar-refractivity contribution in [2.75, 3.05) is 6.54 Å². The van der Waals surface area contributed by atoms with Gasteiger partial charge in [-0.15, -0.1) is 0 Å². The van der Waals surface area contributed by atoms with Crippen LogP contribution in [0.3, 0.4) is 0 Å². The van der Waals surface area contributed by atoms with Crippen LogP contribution in [-0.4, -0.2) is 17.4 Å². The van der Waals surface area contributed by atoms with Crippen molar-refractivity contribution in [3.63, 3.8) is 0 Å². The number of rotatable bonds is 2. The number of hydrogen-bond acceptors (Lipinski definition) is 5. The Bertz CT molecular complexity index is 407. The number of carbonyl (C=O) groups excluding carboxylic acids is 1. The standard InChI is InChI=1S/C9H9N3O4/c13-8-5-10-9(16-11-8)6-1-3-7(4-2-6)12(14)15/h1-4,9-10H,5H2,(H,11,13). The third kappa shape index (κ3) is 2.15. The smallest absolute Gasteiger partial charge is 0.269 e. The van der Waals surface area contributed by atoms with Gasteiger partial charge in [-0.1, -0.05) is 0 Å². The lowest BCUT2D eigenvalue weighted by Gasteiger charge is -2.23. The molecule has 7 heteroatoms. The third-order valence-corrected chi connectivity index (χ3v) is 2.15. The van der Waals surface area contributed by atoms with Crippen molar-refractivity contribution in [1.82, 2.24) is 10.8 Å². The number of hydroxylamine groups is 1. The lowest BCUT2D eigenvalue weighted by Crippen LogP contribution is -2.45. The van der Waals surface area contributed by atoms with Gasteiger partial charge in [-0.3, -0.25) is 20.2 Å². The number of carbonyl (C=O) groups is 1. The van der Waals surface area contributed by atoms with E-state index in [4.69, 9.17) is 4.84 Å². The largest absolute Gasteiger partial charge is 0.277 e. The van der Waals surface area contributed by atoms with E-state index in [0.29, 0.717) is 5.56 Å². The number of benzene rings is 1. The Morgan fingerprint density at radius 1 is 1.38 bits per heavy atom. The second kappa shape index (κ2) is 4.25. The first-order valence-corrected chi connectivity index (χ1v) is 4.59. The fourth-order valence-electron chi connectivity index (χ4n) is 1.34. The van der Waals surface area contributed by atoms with Gasteiger partial charge in [0.25, 0.3) is 11.6 Å². The predicted molar refractivity (Wildman–Crippen MR) is 53.1 cm³/mol. The number of nitrogens with one attached hydrogen (secondary N) is 2. The fourth-order valence-corrected chi connectivity index (χ4v) is 1.34. The molecule has 1 saturated heterocycles. The second-order valence-corrected chi connectivity index (χ2v) is 3.25. The highest BCUT2D eigenvalue weighted by molar-refractivity contribution is 5.77. The number of amides is 1. The van der Waals surface area contributed by atoms with E-state index in [0.717, 1.165) is 0 Å². The summed E-state index contributed by atoms with van der Waals surface area (Å²) in [5.41, 5.74) is 2.96. The zero-order valence-electron chi connectivity index (χ0n) is 8.17. The van der Waals surface area contributed by atoms with Gasteiger partial charge in [0.2, 0.25) is 0 Å². The molecule has 1 aliphatic heterocycles. The average Bonchev–Trinajstić information content (AvgIpc) is 2.30. The lowest BCUT2D eigenvalue weighted by molar-refractivity contribution is -0.384. The highest BCUT2D eigenvalue weighted by Crippen LogP contribution is 2.18. The van der Waals surface area contributed by atoms with Gasteiger partial charge in [0.15, 0.2) is 6.23 Å². The van der Waals surface area contributed by atoms with Crippen LogP contribution in [0.25, 0.3) is 0 Å². The summed E-state index contributed by atoms with van der Waals surface area (Å²) in [6.07, 6.45) is -0.474. The Labute approximate surface area is 90.5 Å². The Morgan fingerprint density at radius 3 is 2.56 bits per heavy atom. The summed E-state index contributed by atoms with van der Waals surface area (Å²) in [6.45, 7) is 0.154. The maximum absolute atomic E-state index is 10.8. The van der Waals surface area contributed by atoms with Crippen molar-refractivity contribution in [2.24, 2.45) is 0 Å². The van der Waals surface area contributed by atoms with Gasteiger partial charge in [-0.05, 0) is 17.7 Å². The van der Waals surface area contributed by atoms with Crippen LogP contribution < -0.4 is 10.8 Å². The van der Waals surface area contributed by atoms with Gasteiger partial charge in [0.1, 0.15) is 0 Å². The quantitative estimate of drug-likeness (QED) is 0.553. The van der Waals surface area contributed by atoms with Crippen molar-refractivity contribution < 1.29 is 14.6 Å². The first-order valence-electron chi connectivity index (χ1n) is 4.59. The summed E-state index contributed by atoms with van der Waals surface area (Å²) in [4.78, 5) is 25.8. The number of nitrogens with zero attached hydrogens (tertiary/aromatic N) is 1. The maximum atomic E-state index is 10.8. The molecule has 1 amide bonds. The molecule has 1 fully saturated rings. The lowest BCUT2D eigenvalue weighted by atomic mass is 10.2. The van der Waals surface area contributed by atoms with Gasteiger partial charge >= 0.3 is 0 Å². The van der Waals surface area contributed by atoms with Crippen LogP contribution in [0.5, 0.6) is 0 Å². The first kappa shape index (κ1) is 10.5. The SMILES string of the molecule is O=C1CNC(c2ccc([N+](=O)[O-])cc2)ON1. The van der Waals surface area contributed by atoms with Gasteiger partial charge in [0, 0.05) is 12.1 Å². The summed E-state index contributed by atoms with van der Waals surface area (Å²) in [7, 11) is 0. The minimum atomic E-state index is -0.474. The van der Waals surface area contributed by atoms with E-state index in [-0.39, 0.29) is 18.1 Å². The third-order valence-electron chi connectivity index (χ3n) is 2.15. The van der Waals surface area contributed by atoms with E-state index >= 15 is 0 Å². The molecule has 0 aromatic heterocycles. The van der Waals surface area contributed by atoms with Crippen LogP contribution in [0, 0.1) is 10.1 Å². The summed E-state index contributed by atoms with van der Waals surface area (Å²) in [5.74, 6) is -0.252. The van der Waals surface area contributed by atoms with Crippen molar-refractivity contribution in [3.8, 4) is 0 Å². The Balaban J connectivity index is 2.10. The van der Waals surface area contributed by atoms with Crippen molar-refractivity contribution in [3.05, 3.63) is 39.9 Å². The average molecular weight is 223 g/mol. The molecule has 2 N–H and O–H groups in total. The molecule has 2 rings (SSSR count).